The normalized spacial score (nSPS) is 8.40. The molecule has 0 bridgehead atoms. The smallest absolute Gasteiger partial charge is 0.169 e. The van der Waals surface area contributed by atoms with Crippen LogP contribution in [0.2, 0.25) is 0 Å². The van der Waals surface area contributed by atoms with Crippen LogP contribution in [0, 0.1) is 0 Å². The largest absolute Gasteiger partial charge is 0.444 e. The second kappa shape index (κ2) is 3.88. The summed E-state index contributed by atoms with van der Waals surface area (Å²) >= 11 is 0. The Kier molecular flexibility index (Phi) is 3.79. The Bertz CT molecular complexity index is 15.1. The van der Waals surface area contributed by atoms with Gasteiger partial charge in [-0.1, -0.05) is 0 Å². The van der Waals surface area contributed by atoms with Gasteiger partial charge in [0.2, 0.25) is 0 Å². The third kappa shape index (κ3) is 3.88. The molecule has 0 aromatic carbocycles. The highest BCUT2D eigenvalue weighted by atomic mass is 16.6. The summed E-state index contributed by atoms with van der Waals surface area (Å²) in [6, 6.07) is 0. The molecule has 0 heterocycles. The average molecular weight is 78.1 g/mol. The van der Waals surface area contributed by atoms with Gasteiger partial charge in [0.1, 0.15) is 6.61 Å². The van der Waals surface area contributed by atoms with E-state index in [-0.39, 0.29) is 6.61 Å². The van der Waals surface area contributed by atoms with E-state index in [0.717, 1.165) is 0 Å². The molecule has 0 saturated heterocycles. The quantitative estimate of drug-likeness (QED) is 0.326. The molecule has 0 aromatic rings. The Morgan fingerprint density at radius 2 is 2.40 bits per heavy atom. The lowest BCUT2D eigenvalue weighted by Gasteiger charge is -1.81. The van der Waals surface area contributed by atoms with Crippen LogP contribution in [0.3, 0.4) is 0 Å². The first-order valence-electron chi connectivity index (χ1n) is 1.38. The van der Waals surface area contributed by atoms with Gasteiger partial charge < -0.3 is 5.11 Å². The summed E-state index contributed by atoms with van der Waals surface area (Å²) in [5.41, 5.74) is 0. The fourth-order valence-corrected chi connectivity index (χ4v) is 0.0589. The summed E-state index contributed by atoms with van der Waals surface area (Å²) in [6.45, 7) is 0.580. The van der Waals surface area contributed by atoms with Crippen LogP contribution in [0.4, 0.5) is 0 Å². The van der Waals surface area contributed by atoms with E-state index >= 15 is 0 Å². The molecular formula is C2H8NO2+. The number of nitrogens with two attached hydrogens (primary N) is 1. The fourth-order valence-electron chi connectivity index (χ4n) is 0.0589. The molecule has 3 heteroatoms. The van der Waals surface area contributed by atoms with Crippen LogP contribution < -0.4 is 5.90 Å². The molecule has 0 rings (SSSR count). The average Bonchev–Trinajstić information content (AvgIpc) is 1.41. The van der Waals surface area contributed by atoms with Gasteiger partial charge in [0.05, 0.1) is 0 Å². The zero-order chi connectivity index (χ0) is 4.12. The standard InChI is InChI=1S/C2H7NO2/c3-5-2-1-4/h4H,1-3H2/p+1. The van der Waals surface area contributed by atoms with Gasteiger partial charge in [-0.05, 0) is 0 Å². The predicted molar refractivity (Wildman–Crippen MR) is 18.6 cm³/mol. The third-order valence-corrected chi connectivity index (χ3v) is 0.220. The molecule has 5 heavy (non-hydrogen) atoms. The summed E-state index contributed by atoms with van der Waals surface area (Å²) in [6.07, 6.45) is 0. The first kappa shape index (κ1) is 4.88. The zero-order valence-corrected chi connectivity index (χ0v) is 2.90. The molecular weight excluding hydrogens is 70.0 g/mol. The maximum absolute atomic E-state index is 6.40. The molecule has 3 nitrogen and oxygen atoms in total. The van der Waals surface area contributed by atoms with Crippen LogP contribution in [-0.4, -0.2) is 18.3 Å². The monoisotopic (exact) mass is 78.1 g/mol. The third-order valence-electron chi connectivity index (χ3n) is 0.220. The SMILES string of the molecule is NOCC[OH2+]. The second-order valence-electron chi connectivity index (χ2n) is 0.621. The molecule has 0 aromatic heterocycles. The zero-order valence-electron chi connectivity index (χ0n) is 2.90. The van der Waals surface area contributed by atoms with Gasteiger partial charge in [0.25, 0.3) is 0 Å². The molecule has 0 aliphatic carbocycles. The van der Waals surface area contributed by atoms with Crippen LogP contribution in [0.15, 0.2) is 0 Å². The molecule has 0 fully saturated rings. The second-order valence-corrected chi connectivity index (χ2v) is 0.621. The van der Waals surface area contributed by atoms with Crippen molar-refractivity contribution in [3.05, 3.63) is 0 Å². The molecule has 32 valence electrons. The van der Waals surface area contributed by atoms with Crippen molar-refractivity contribution in [3.8, 4) is 0 Å². The van der Waals surface area contributed by atoms with Crippen LogP contribution in [-0.2, 0) is 4.84 Å². The maximum atomic E-state index is 6.40. The Balaban J connectivity index is 2.19. The van der Waals surface area contributed by atoms with Crippen molar-refractivity contribution in [2.24, 2.45) is 5.90 Å². The minimum absolute atomic E-state index is 0.247. The predicted octanol–water partition coefficient (Wildman–Crippen LogP) is -1.40. The topological polar surface area (TPSA) is 58.1 Å². The van der Waals surface area contributed by atoms with Crippen molar-refractivity contribution in [1.82, 2.24) is 0 Å². The lowest BCUT2D eigenvalue weighted by atomic mass is 10.8. The van der Waals surface area contributed by atoms with E-state index in [1.807, 2.05) is 0 Å². The maximum Gasteiger partial charge on any atom is 0.169 e. The summed E-state index contributed by atoms with van der Waals surface area (Å²) in [4.78, 5) is 4.00. The number of rotatable bonds is 2. The minimum atomic E-state index is 0.247. The summed E-state index contributed by atoms with van der Waals surface area (Å²) in [5, 5.41) is 6.40. The molecule has 4 N–H and O–H groups in total. The highest BCUT2D eigenvalue weighted by Crippen LogP contribution is 1.51. The Morgan fingerprint density at radius 1 is 1.80 bits per heavy atom. The minimum Gasteiger partial charge on any atom is -0.444 e. The van der Waals surface area contributed by atoms with Gasteiger partial charge in [0.15, 0.2) is 6.61 Å². The van der Waals surface area contributed by atoms with E-state index in [2.05, 4.69) is 10.7 Å². The van der Waals surface area contributed by atoms with E-state index in [9.17, 15) is 0 Å². The van der Waals surface area contributed by atoms with E-state index in [0.29, 0.717) is 6.61 Å². The Morgan fingerprint density at radius 3 is 2.40 bits per heavy atom. The lowest BCUT2D eigenvalue weighted by Crippen LogP contribution is -2.03. The van der Waals surface area contributed by atoms with Crippen LogP contribution in [0.25, 0.3) is 0 Å². The highest BCUT2D eigenvalue weighted by molar-refractivity contribution is 4.11. The molecule has 0 spiro atoms. The van der Waals surface area contributed by atoms with Crippen LogP contribution >= 0.6 is 0 Å². The summed E-state index contributed by atoms with van der Waals surface area (Å²) in [5.74, 6) is 4.52. The van der Waals surface area contributed by atoms with Crippen molar-refractivity contribution in [2.75, 3.05) is 13.2 Å². The van der Waals surface area contributed by atoms with Gasteiger partial charge in [-0.15, -0.1) is 0 Å². The van der Waals surface area contributed by atoms with E-state index < -0.39 is 0 Å². The highest BCUT2D eigenvalue weighted by Gasteiger charge is 1.72. The fraction of sp³-hybridized carbons (Fsp3) is 1.00. The van der Waals surface area contributed by atoms with Gasteiger partial charge in [-0.2, -0.15) is 0 Å². The van der Waals surface area contributed by atoms with Crippen molar-refractivity contribution in [3.63, 3.8) is 0 Å². The molecule has 0 unspecified atom stereocenters. The van der Waals surface area contributed by atoms with Crippen LogP contribution in [0.5, 0.6) is 0 Å². The van der Waals surface area contributed by atoms with Crippen molar-refractivity contribution < 1.29 is 9.94 Å². The van der Waals surface area contributed by atoms with Gasteiger partial charge in [0, 0.05) is 0 Å². The molecule has 0 radical (unpaired) electrons. The summed E-state index contributed by atoms with van der Waals surface area (Å²) in [7, 11) is 0. The first-order valence-corrected chi connectivity index (χ1v) is 1.38. The van der Waals surface area contributed by atoms with Gasteiger partial charge >= 0.3 is 0 Å². The number of hydrogen-bond acceptors (Lipinski definition) is 2. The molecule has 0 atom stereocenters. The molecule has 0 amide bonds. The van der Waals surface area contributed by atoms with Gasteiger partial charge in [-0.3, -0.25) is 4.84 Å². The van der Waals surface area contributed by atoms with Gasteiger partial charge in [-0.25, -0.2) is 5.90 Å². The first-order chi connectivity index (χ1) is 2.41. The van der Waals surface area contributed by atoms with E-state index in [1.54, 1.807) is 0 Å². The van der Waals surface area contributed by atoms with Crippen LogP contribution in [0.1, 0.15) is 0 Å². The molecule has 0 aliphatic rings. The van der Waals surface area contributed by atoms with Crippen molar-refractivity contribution in [1.29, 1.82) is 0 Å². The van der Waals surface area contributed by atoms with E-state index in [4.69, 9.17) is 5.11 Å². The molecule has 0 aliphatic heterocycles. The Labute approximate surface area is 30.3 Å². The van der Waals surface area contributed by atoms with Crippen molar-refractivity contribution in [2.45, 2.75) is 0 Å². The lowest BCUT2D eigenvalue weighted by molar-refractivity contribution is 0.0938. The molecule has 0 saturated carbocycles. The van der Waals surface area contributed by atoms with Crippen molar-refractivity contribution >= 4 is 0 Å². The van der Waals surface area contributed by atoms with E-state index in [1.165, 1.54) is 0 Å². The Hall–Kier alpha value is -0.120. The summed E-state index contributed by atoms with van der Waals surface area (Å²) < 4.78 is 0. The number of hydrogen-bond donors (Lipinski definition) is 1.